The lowest BCUT2D eigenvalue weighted by atomic mass is 10.2. The summed E-state index contributed by atoms with van der Waals surface area (Å²) in [6.07, 6.45) is 4.61. The average Bonchev–Trinajstić information content (AvgIpc) is 2.77. The van der Waals surface area contributed by atoms with Gasteiger partial charge in [0.15, 0.2) is 0 Å². The maximum atomic E-state index is 11.7. The van der Waals surface area contributed by atoms with E-state index in [1.54, 1.807) is 12.4 Å². The second kappa shape index (κ2) is 4.49. The van der Waals surface area contributed by atoms with Gasteiger partial charge in [-0.3, -0.25) is 4.57 Å². The van der Waals surface area contributed by atoms with Gasteiger partial charge in [-0.1, -0.05) is 22.0 Å². The van der Waals surface area contributed by atoms with Gasteiger partial charge in [0.1, 0.15) is 6.33 Å². The first-order valence-electron chi connectivity index (χ1n) is 4.72. The molecule has 0 aliphatic heterocycles. The van der Waals surface area contributed by atoms with Crippen molar-refractivity contribution < 1.29 is 4.79 Å². The van der Waals surface area contributed by atoms with E-state index in [1.807, 2.05) is 25.1 Å². The molecule has 82 valence electrons. The number of aromatic nitrogens is 2. The normalized spacial score (nSPS) is 10.1. The van der Waals surface area contributed by atoms with Crippen LogP contribution in [0.15, 0.2) is 41.4 Å². The van der Waals surface area contributed by atoms with E-state index in [0.29, 0.717) is 0 Å². The topological polar surface area (TPSA) is 46.9 Å². The number of hydrogen-bond donors (Lipinski definition) is 1. The van der Waals surface area contributed by atoms with Gasteiger partial charge >= 0.3 is 6.03 Å². The number of nitrogens with zero attached hydrogens (tertiary/aromatic N) is 2. The zero-order valence-electron chi connectivity index (χ0n) is 8.64. The SMILES string of the molecule is Cc1ccc(NC(=O)n2ccnc2)cc1Br. The molecule has 2 aromatic rings. The number of halogens is 1. The van der Waals surface area contributed by atoms with Gasteiger partial charge in [-0.2, -0.15) is 0 Å². The Hall–Kier alpha value is -1.62. The van der Waals surface area contributed by atoms with E-state index in [-0.39, 0.29) is 6.03 Å². The van der Waals surface area contributed by atoms with Crippen molar-refractivity contribution in [3.05, 3.63) is 47.0 Å². The van der Waals surface area contributed by atoms with E-state index >= 15 is 0 Å². The van der Waals surface area contributed by atoms with Crippen molar-refractivity contribution in [3.63, 3.8) is 0 Å². The predicted octanol–water partition coefficient (Wildman–Crippen LogP) is 3.03. The predicted molar refractivity (Wildman–Crippen MR) is 65.5 cm³/mol. The Labute approximate surface area is 101 Å². The van der Waals surface area contributed by atoms with Crippen molar-refractivity contribution in [3.8, 4) is 0 Å². The third-order valence-electron chi connectivity index (χ3n) is 2.16. The van der Waals surface area contributed by atoms with Crippen LogP contribution >= 0.6 is 15.9 Å². The molecule has 0 atom stereocenters. The van der Waals surface area contributed by atoms with Crippen LogP contribution in [0.4, 0.5) is 10.5 Å². The molecule has 1 amide bonds. The molecule has 1 N–H and O–H groups in total. The lowest BCUT2D eigenvalue weighted by Gasteiger charge is -2.06. The van der Waals surface area contributed by atoms with Crippen molar-refractivity contribution in [1.29, 1.82) is 0 Å². The molecule has 0 aliphatic rings. The molecule has 5 heteroatoms. The van der Waals surface area contributed by atoms with Gasteiger partial charge in [-0.25, -0.2) is 9.78 Å². The number of nitrogens with one attached hydrogen (secondary N) is 1. The summed E-state index contributed by atoms with van der Waals surface area (Å²) in [4.78, 5) is 15.5. The first-order chi connectivity index (χ1) is 7.66. The van der Waals surface area contributed by atoms with Gasteiger partial charge in [-0.05, 0) is 24.6 Å². The van der Waals surface area contributed by atoms with Gasteiger partial charge in [0.2, 0.25) is 0 Å². The Morgan fingerprint density at radius 2 is 2.31 bits per heavy atom. The highest BCUT2D eigenvalue weighted by molar-refractivity contribution is 9.10. The molecule has 0 radical (unpaired) electrons. The van der Waals surface area contributed by atoms with Crippen molar-refractivity contribution >= 4 is 27.6 Å². The molecular weight excluding hydrogens is 270 g/mol. The Bertz CT molecular complexity index is 508. The van der Waals surface area contributed by atoms with Gasteiger partial charge < -0.3 is 5.32 Å². The number of imidazole rings is 1. The van der Waals surface area contributed by atoms with Crippen LogP contribution in [0.2, 0.25) is 0 Å². The highest BCUT2D eigenvalue weighted by Crippen LogP contribution is 2.20. The Kier molecular flexibility index (Phi) is 3.05. The van der Waals surface area contributed by atoms with Crippen LogP contribution in [-0.2, 0) is 0 Å². The summed E-state index contributed by atoms with van der Waals surface area (Å²) in [5, 5.41) is 2.77. The molecule has 4 nitrogen and oxygen atoms in total. The first kappa shape index (κ1) is 10.9. The van der Waals surface area contributed by atoms with Crippen LogP contribution in [0.25, 0.3) is 0 Å². The van der Waals surface area contributed by atoms with E-state index in [1.165, 1.54) is 10.9 Å². The molecule has 0 saturated carbocycles. The Balaban J connectivity index is 2.15. The number of anilines is 1. The molecule has 0 fully saturated rings. The van der Waals surface area contributed by atoms with Gasteiger partial charge in [0.25, 0.3) is 0 Å². The fourth-order valence-electron chi connectivity index (χ4n) is 1.24. The fourth-order valence-corrected chi connectivity index (χ4v) is 1.62. The second-order valence-corrected chi connectivity index (χ2v) is 4.22. The summed E-state index contributed by atoms with van der Waals surface area (Å²) < 4.78 is 2.35. The summed E-state index contributed by atoms with van der Waals surface area (Å²) in [5.41, 5.74) is 1.87. The maximum absolute atomic E-state index is 11.7. The molecule has 0 unspecified atom stereocenters. The van der Waals surface area contributed by atoms with E-state index in [0.717, 1.165) is 15.7 Å². The molecule has 0 aliphatic carbocycles. The minimum absolute atomic E-state index is 0.228. The quantitative estimate of drug-likeness (QED) is 0.872. The third-order valence-corrected chi connectivity index (χ3v) is 3.02. The minimum atomic E-state index is -0.228. The summed E-state index contributed by atoms with van der Waals surface area (Å²) >= 11 is 3.41. The smallest absolute Gasteiger partial charge is 0.307 e. The van der Waals surface area contributed by atoms with Gasteiger partial charge in [0.05, 0.1) is 0 Å². The maximum Gasteiger partial charge on any atom is 0.331 e. The lowest BCUT2D eigenvalue weighted by Crippen LogP contribution is -2.17. The highest BCUT2D eigenvalue weighted by Gasteiger charge is 2.04. The molecule has 1 aromatic heterocycles. The summed E-state index contributed by atoms with van der Waals surface area (Å²) in [5.74, 6) is 0. The van der Waals surface area contributed by atoms with E-state index in [9.17, 15) is 4.79 Å². The molecule has 0 spiro atoms. The molecule has 2 rings (SSSR count). The first-order valence-corrected chi connectivity index (χ1v) is 5.51. The molecular formula is C11H10BrN3O. The number of benzene rings is 1. The molecule has 16 heavy (non-hydrogen) atoms. The number of carbonyl (C=O) groups excluding carboxylic acids is 1. The number of amides is 1. The van der Waals surface area contributed by atoms with E-state index in [2.05, 4.69) is 26.2 Å². The monoisotopic (exact) mass is 279 g/mol. The van der Waals surface area contributed by atoms with Crippen molar-refractivity contribution in [2.24, 2.45) is 0 Å². The zero-order valence-corrected chi connectivity index (χ0v) is 10.2. The summed E-state index contributed by atoms with van der Waals surface area (Å²) in [7, 11) is 0. The Morgan fingerprint density at radius 3 is 2.94 bits per heavy atom. The highest BCUT2D eigenvalue weighted by atomic mass is 79.9. The van der Waals surface area contributed by atoms with E-state index in [4.69, 9.17) is 0 Å². The fraction of sp³-hybridized carbons (Fsp3) is 0.0909. The van der Waals surface area contributed by atoms with Gasteiger partial charge in [0, 0.05) is 22.6 Å². The summed E-state index contributed by atoms with van der Waals surface area (Å²) in [6.45, 7) is 1.99. The molecule has 1 heterocycles. The van der Waals surface area contributed by atoms with Crippen molar-refractivity contribution in [2.45, 2.75) is 6.92 Å². The largest absolute Gasteiger partial charge is 0.331 e. The number of rotatable bonds is 1. The molecule has 1 aromatic carbocycles. The van der Waals surface area contributed by atoms with Crippen molar-refractivity contribution in [2.75, 3.05) is 5.32 Å². The average molecular weight is 280 g/mol. The standard InChI is InChI=1S/C11H10BrN3O/c1-8-2-3-9(6-10(8)12)14-11(16)15-5-4-13-7-15/h2-7H,1H3,(H,14,16). The lowest BCUT2D eigenvalue weighted by molar-refractivity contribution is 0.253. The van der Waals surface area contributed by atoms with Crippen LogP contribution in [0.5, 0.6) is 0 Å². The van der Waals surface area contributed by atoms with E-state index < -0.39 is 0 Å². The van der Waals surface area contributed by atoms with Crippen LogP contribution in [0, 0.1) is 6.92 Å². The Morgan fingerprint density at radius 1 is 1.50 bits per heavy atom. The number of aryl methyl sites for hydroxylation is 1. The van der Waals surface area contributed by atoms with Crippen LogP contribution in [0.3, 0.4) is 0 Å². The summed E-state index contributed by atoms with van der Waals surface area (Å²) in [6, 6.07) is 5.43. The number of hydrogen-bond acceptors (Lipinski definition) is 2. The van der Waals surface area contributed by atoms with Gasteiger partial charge in [-0.15, -0.1) is 0 Å². The van der Waals surface area contributed by atoms with Crippen LogP contribution < -0.4 is 5.32 Å². The molecule has 0 bridgehead atoms. The second-order valence-electron chi connectivity index (χ2n) is 3.36. The van der Waals surface area contributed by atoms with Crippen molar-refractivity contribution in [1.82, 2.24) is 9.55 Å². The zero-order chi connectivity index (χ0) is 11.5. The third kappa shape index (κ3) is 2.30. The van der Waals surface area contributed by atoms with Crippen LogP contribution in [-0.4, -0.2) is 15.6 Å². The number of carbonyl (C=O) groups is 1. The minimum Gasteiger partial charge on any atom is -0.307 e. The molecule has 0 saturated heterocycles. The van der Waals surface area contributed by atoms with Crippen LogP contribution in [0.1, 0.15) is 5.56 Å².